The van der Waals surface area contributed by atoms with Gasteiger partial charge in [0.1, 0.15) is 0 Å². The van der Waals surface area contributed by atoms with E-state index in [2.05, 4.69) is 38.7 Å². The number of nitrogens with two attached hydrogens (primary N) is 1. The van der Waals surface area contributed by atoms with E-state index in [1.54, 1.807) is 0 Å². The molecule has 0 radical (unpaired) electrons. The molecule has 1 aromatic rings. The van der Waals surface area contributed by atoms with Gasteiger partial charge in [0.2, 0.25) is 0 Å². The fourth-order valence-electron chi connectivity index (χ4n) is 1.54. The van der Waals surface area contributed by atoms with E-state index in [1.165, 1.54) is 0 Å². The van der Waals surface area contributed by atoms with Crippen LogP contribution in [-0.4, -0.2) is 16.3 Å². The lowest BCUT2D eigenvalue weighted by Gasteiger charge is -2.26. The Morgan fingerprint density at radius 1 is 1.29 bits per heavy atom. The van der Waals surface area contributed by atoms with Gasteiger partial charge in [-0.1, -0.05) is 33.8 Å². The molecule has 96 valence electrons. The molecule has 0 aromatic carbocycles. The van der Waals surface area contributed by atoms with Crippen LogP contribution in [0.25, 0.3) is 0 Å². The smallest absolute Gasteiger partial charge is 0.0623 e. The Bertz CT molecular complexity index is 313. The molecule has 0 amide bonds. The summed E-state index contributed by atoms with van der Waals surface area (Å²) >= 11 is 1.95. The van der Waals surface area contributed by atoms with Gasteiger partial charge in [0.15, 0.2) is 0 Å². The van der Waals surface area contributed by atoms with Crippen LogP contribution in [0.5, 0.6) is 0 Å². The molecular formula is C14H24N2S. The third-order valence-electron chi connectivity index (χ3n) is 3.14. The summed E-state index contributed by atoms with van der Waals surface area (Å²) in [5.41, 5.74) is 7.35. The Morgan fingerprint density at radius 2 is 2.00 bits per heavy atom. The van der Waals surface area contributed by atoms with Gasteiger partial charge in [-0.2, -0.15) is 0 Å². The maximum atomic E-state index is 6.24. The van der Waals surface area contributed by atoms with E-state index in [0.717, 1.165) is 12.1 Å². The van der Waals surface area contributed by atoms with Crippen molar-refractivity contribution in [3.05, 3.63) is 30.1 Å². The molecule has 17 heavy (non-hydrogen) atoms. The monoisotopic (exact) mass is 252 g/mol. The highest BCUT2D eigenvalue weighted by Crippen LogP contribution is 2.36. The van der Waals surface area contributed by atoms with Crippen molar-refractivity contribution in [2.45, 2.75) is 50.7 Å². The molecule has 3 heteroatoms. The maximum absolute atomic E-state index is 6.24. The fourth-order valence-corrected chi connectivity index (χ4v) is 2.99. The number of nitrogens with zero attached hydrogens (tertiary/aromatic N) is 1. The lowest BCUT2D eigenvalue weighted by molar-refractivity contribution is 0.603. The topological polar surface area (TPSA) is 38.9 Å². The van der Waals surface area contributed by atoms with Crippen LogP contribution in [0, 0.1) is 5.92 Å². The SMILES string of the molecule is CCC(N)C(SC(C)C(C)C)c1ccccn1. The Morgan fingerprint density at radius 3 is 2.47 bits per heavy atom. The van der Waals surface area contributed by atoms with E-state index in [-0.39, 0.29) is 6.04 Å². The fraction of sp³-hybridized carbons (Fsp3) is 0.643. The van der Waals surface area contributed by atoms with E-state index >= 15 is 0 Å². The third kappa shape index (κ3) is 4.32. The predicted octanol–water partition coefficient (Wildman–Crippen LogP) is 3.64. The number of hydrogen-bond donors (Lipinski definition) is 1. The van der Waals surface area contributed by atoms with Gasteiger partial charge in [0.05, 0.1) is 10.9 Å². The first kappa shape index (κ1) is 14.5. The largest absolute Gasteiger partial charge is 0.326 e. The first-order valence-corrected chi connectivity index (χ1v) is 7.32. The van der Waals surface area contributed by atoms with Crippen LogP contribution in [-0.2, 0) is 0 Å². The minimum absolute atomic E-state index is 0.177. The van der Waals surface area contributed by atoms with Crippen molar-refractivity contribution in [2.24, 2.45) is 11.7 Å². The molecule has 0 aliphatic carbocycles. The van der Waals surface area contributed by atoms with Crippen LogP contribution in [0.3, 0.4) is 0 Å². The molecule has 2 nitrogen and oxygen atoms in total. The molecular weight excluding hydrogens is 228 g/mol. The second kappa shape index (κ2) is 7.02. The molecule has 2 N–H and O–H groups in total. The van der Waals surface area contributed by atoms with Crippen LogP contribution in [0.2, 0.25) is 0 Å². The molecule has 0 spiro atoms. The minimum Gasteiger partial charge on any atom is -0.326 e. The molecule has 0 saturated carbocycles. The van der Waals surface area contributed by atoms with Crippen LogP contribution < -0.4 is 5.73 Å². The van der Waals surface area contributed by atoms with Crippen LogP contribution in [0.4, 0.5) is 0 Å². The Hall–Kier alpha value is -0.540. The second-order valence-corrected chi connectivity index (χ2v) is 6.36. The van der Waals surface area contributed by atoms with Crippen LogP contribution >= 0.6 is 11.8 Å². The van der Waals surface area contributed by atoms with Crippen LogP contribution in [0.15, 0.2) is 24.4 Å². The Kier molecular flexibility index (Phi) is 6.00. The molecule has 1 heterocycles. The zero-order chi connectivity index (χ0) is 12.8. The number of rotatable bonds is 6. The first-order valence-electron chi connectivity index (χ1n) is 6.38. The van der Waals surface area contributed by atoms with Gasteiger partial charge in [-0.05, 0) is 24.5 Å². The van der Waals surface area contributed by atoms with E-state index < -0.39 is 0 Å². The standard InChI is InChI=1S/C14H24N2S/c1-5-12(15)14(17-11(4)10(2)3)13-8-6-7-9-16-13/h6-12,14H,5,15H2,1-4H3. The predicted molar refractivity (Wildman–Crippen MR) is 77.1 cm³/mol. The summed E-state index contributed by atoms with van der Waals surface area (Å²) in [4.78, 5) is 4.46. The average molecular weight is 252 g/mol. The molecule has 0 fully saturated rings. The molecule has 3 unspecified atom stereocenters. The van der Waals surface area contributed by atoms with Gasteiger partial charge in [-0.15, -0.1) is 11.8 Å². The first-order chi connectivity index (χ1) is 8.06. The highest BCUT2D eigenvalue weighted by atomic mass is 32.2. The molecule has 0 bridgehead atoms. The number of thioether (sulfide) groups is 1. The molecule has 1 rings (SSSR count). The minimum atomic E-state index is 0.177. The summed E-state index contributed by atoms with van der Waals surface area (Å²) in [6.45, 7) is 8.92. The average Bonchev–Trinajstić information content (AvgIpc) is 2.35. The summed E-state index contributed by atoms with van der Waals surface area (Å²) < 4.78 is 0. The van der Waals surface area contributed by atoms with Gasteiger partial charge in [0.25, 0.3) is 0 Å². The normalized spacial score (nSPS) is 16.8. The highest BCUT2D eigenvalue weighted by molar-refractivity contribution is 8.00. The van der Waals surface area contributed by atoms with Crippen molar-refractivity contribution >= 4 is 11.8 Å². The van der Waals surface area contributed by atoms with Crippen LogP contribution in [0.1, 0.15) is 45.1 Å². The van der Waals surface area contributed by atoms with E-state index in [0.29, 0.717) is 16.4 Å². The van der Waals surface area contributed by atoms with E-state index in [1.807, 2.05) is 30.1 Å². The van der Waals surface area contributed by atoms with E-state index in [4.69, 9.17) is 5.73 Å². The molecule has 1 aromatic heterocycles. The van der Waals surface area contributed by atoms with Gasteiger partial charge >= 0.3 is 0 Å². The number of pyridine rings is 1. The lowest BCUT2D eigenvalue weighted by atomic mass is 10.1. The quantitative estimate of drug-likeness (QED) is 0.840. The highest BCUT2D eigenvalue weighted by Gasteiger charge is 2.23. The Labute approximate surface area is 109 Å². The summed E-state index contributed by atoms with van der Waals surface area (Å²) in [6.07, 6.45) is 2.84. The zero-order valence-electron chi connectivity index (χ0n) is 11.3. The molecule has 0 aliphatic rings. The van der Waals surface area contributed by atoms with Gasteiger partial charge in [-0.3, -0.25) is 4.98 Å². The second-order valence-electron chi connectivity index (χ2n) is 4.83. The lowest BCUT2D eigenvalue weighted by Crippen LogP contribution is -2.28. The van der Waals surface area contributed by atoms with Gasteiger partial charge in [-0.25, -0.2) is 0 Å². The van der Waals surface area contributed by atoms with Crippen molar-refractivity contribution in [2.75, 3.05) is 0 Å². The molecule has 3 atom stereocenters. The molecule has 0 aliphatic heterocycles. The van der Waals surface area contributed by atoms with Crippen molar-refractivity contribution in [1.82, 2.24) is 4.98 Å². The number of aromatic nitrogens is 1. The zero-order valence-corrected chi connectivity index (χ0v) is 12.1. The summed E-state index contributed by atoms with van der Waals surface area (Å²) in [7, 11) is 0. The number of hydrogen-bond acceptors (Lipinski definition) is 3. The van der Waals surface area contributed by atoms with Gasteiger partial charge in [0, 0.05) is 17.5 Å². The Balaban J connectivity index is 2.82. The van der Waals surface area contributed by atoms with Gasteiger partial charge < -0.3 is 5.73 Å². The van der Waals surface area contributed by atoms with Crippen molar-refractivity contribution in [3.8, 4) is 0 Å². The summed E-state index contributed by atoms with van der Waals surface area (Å²) in [5, 5.41) is 0.901. The summed E-state index contributed by atoms with van der Waals surface area (Å²) in [5.74, 6) is 0.662. The van der Waals surface area contributed by atoms with Crippen molar-refractivity contribution < 1.29 is 0 Å². The summed E-state index contributed by atoms with van der Waals surface area (Å²) in [6, 6.07) is 6.25. The van der Waals surface area contributed by atoms with Crippen molar-refractivity contribution in [3.63, 3.8) is 0 Å². The van der Waals surface area contributed by atoms with E-state index in [9.17, 15) is 0 Å². The molecule has 0 saturated heterocycles. The third-order valence-corrected chi connectivity index (χ3v) is 5.00. The van der Waals surface area contributed by atoms with Crippen molar-refractivity contribution in [1.29, 1.82) is 0 Å². The maximum Gasteiger partial charge on any atom is 0.0623 e.